The first-order chi connectivity index (χ1) is 16.2. The summed E-state index contributed by atoms with van der Waals surface area (Å²) in [6.07, 6.45) is 7.15. The fourth-order valence-electron chi connectivity index (χ4n) is 4.67. The molecule has 1 aromatic rings. The van der Waals surface area contributed by atoms with E-state index in [4.69, 9.17) is 10.00 Å². The van der Waals surface area contributed by atoms with E-state index in [2.05, 4.69) is 15.6 Å². The van der Waals surface area contributed by atoms with Crippen molar-refractivity contribution in [2.75, 3.05) is 6.54 Å². The summed E-state index contributed by atoms with van der Waals surface area (Å²) in [4.78, 5) is 44.8. The highest BCUT2D eigenvalue weighted by Crippen LogP contribution is 2.29. The van der Waals surface area contributed by atoms with Crippen LogP contribution in [0.4, 0.5) is 4.79 Å². The second-order valence-electron chi connectivity index (χ2n) is 10.1. The summed E-state index contributed by atoms with van der Waals surface area (Å²) in [5.74, 6) is -0.409. The van der Waals surface area contributed by atoms with E-state index in [1.54, 1.807) is 44.0 Å². The molecule has 3 rings (SSSR count). The van der Waals surface area contributed by atoms with Crippen molar-refractivity contribution >= 4 is 17.9 Å². The first-order valence-corrected chi connectivity index (χ1v) is 12.1. The molecular formula is C25H35N5O4. The van der Waals surface area contributed by atoms with Crippen molar-refractivity contribution in [3.05, 3.63) is 29.6 Å². The van der Waals surface area contributed by atoms with Gasteiger partial charge in [-0.25, -0.2) is 9.78 Å². The predicted octanol–water partition coefficient (Wildman–Crippen LogP) is 3.03. The minimum Gasteiger partial charge on any atom is -0.444 e. The molecular weight excluding hydrogens is 434 g/mol. The van der Waals surface area contributed by atoms with Crippen LogP contribution in [0.2, 0.25) is 0 Å². The molecule has 0 bridgehead atoms. The van der Waals surface area contributed by atoms with Gasteiger partial charge in [-0.3, -0.25) is 9.59 Å². The van der Waals surface area contributed by atoms with Gasteiger partial charge in [-0.15, -0.1) is 0 Å². The molecule has 2 heterocycles. The summed E-state index contributed by atoms with van der Waals surface area (Å²) in [7, 11) is 0. The van der Waals surface area contributed by atoms with E-state index in [-0.39, 0.29) is 24.3 Å². The number of nitrogens with one attached hydrogen (secondary N) is 2. The SMILES string of the molecule is CC(C)(C)OC(=O)N[C@@H](C(=O)N1CCC[C@H]1C(=O)NCc1ccc(C#N)nc1)C1CCCCC1. The van der Waals surface area contributed by atoms with Crippen LogP contribution >= 0.6 is 0 Å². The first-order valence-electron chi connectivity index (χ1n) is 12.1. The molecule has 3 amide bonds. The minimum absolute atomic E-state index is 0.0304. The van der Waals surface area contributed by atoms with Crippen molar-refractivity contribution in [1.82, 2.24) is 20.5 Å². The third-order valence-electron chi connectivity index (χ3n) is 6.30. The van der Waals surface area contributed by atoms with Crippen molar-refractivity contribution < 1.29 is 19.1 Å². The Morgan fingerprint density at radius 3 is 2.53 bits per heavy atom. The van der Waals surface area contributed by atoms with Gasteiger partial charge in [-0.05, 0) is 64.0 Å². The number of carbonyl (C=O) groups is 3. The highest BCUT2D eigenvalue weighted by atomic mass is 16.6. The van der Waals surface area contributed by atoms with Gasteiger partial charge >= 0.3 is 6.09 Å². The van der Waals surface area contributed by atoms with Crippen molar-refractivity contribution in [2.45, 2.75) is 89.9 Å². The van der Waals surface area contributed by atoms with Crippen LogP contribution in [0.25, 0.3) is 0 Å². The van der Waals surface area contributed by atoms with E-state index in [9.17, 15) is 14.4 Å². The number of nitrogens with zero attached hydrogens (tertiary/aromatic N) is 3. The van der Waals surface area contributed by atoms with Crippen LogP contribution in [0, 0.1) is 17.2 Å². The maximum atomic E-state index is 13.6. The second-order valence-corrected chi connectivity index (χ2v) is 10.1. The average Bonchev–Trinajstić information content (AvgIpc) is 3.30. The highest BCUT2D eigenvalue weighted by molar-refractivity contribution is 5.92. The van der Waals surface area contributed by atoms with Crippen molar-refractivity contribution in [2.24, 2.45) is 5.92 Å². The molecule has 184 valence electrons. The number of nitriles is 1. The quantitative estimate of drug-likeness (QED) is 0.660. The standard InChI is InChI=1S/C25H35N5O4/c1-25(2,3)34-24(33)29-21(18-8-5-4-6-9-18)23(32)30-13-7-10-20(30)22(31)28-16-17-11-12-19(14-26)27-15-17/h11-12,15,18,20-21H,4-10,13,16H2,1-3H3,(H,28,31)(H,29,33)/t20-,21+/m0/s1. The number of alkyl carbamates (subject to hydrolysis) is 1. The van der Waals surface area contributed by atoms with Gasteiger partial charge in [0.25, 0.3) is 0 Å². The van der Waals surface area contributed by atoms with Gasteiger partial charge in [0, 0.05) is 19.3 Å². The lowest BCUT2D eigenvalue weighted by atomic mass is 9.83. The number of ether oxygens (including phenoxy) is 1. The van der Waals surface area contributed by atoms with Gasteiger partial charge in [0.2, 0.25) is 11.8 Å². The Morgan fingerprint density at radius 1 is 1.18 bits per heavy atom. The number of rotatable bonds is 6. The van der Waals surface area contributed by atoms with Gasteiger partial charge in [-0.1, -0.05) is 25.3 Å². The fraction of sp³-hybridized carbons (Fsp3) is 0.640. The summed E-state index contributed by atoms with van der Waals surface area (Å²) >= 11 is 0. The molecule has 2 fully saturated rings. The maximum Gasteiger partial charge on any atom is 0.408 e. The lowest BCUT2D eigenvalue weighted by molar-refractivity contribution is -0.141. The maximum absolute atomic E-state index is 13.6. The van der Waals surface area contributed by atoms with E-state index in [0.717, 1.165) is 44.1 Å². The van der Waals surface area contributed by atoms with Crippen molar-refractivity contribution in [3.8, 4) is 6.07 Å². The molecule has 1 aromatic heterocycles. The summed E-state index contributed by atoms with van der Waals surface area (Å²) in [6, 6.07) is 4.03. The van der Waals surface area contributed by atoms with Crippen LogP contribution in [0.3, 0.4) is 0 Å². The van der Waals surface area contributed by atoms with E-state index in [1.165, 1.54) is 0 Å². The minimum atomic E-state index is -0.703. The van der Waals surface area contributed by atoms with E-state index in [0.29, 0.717) is 18.7 Å². The van der Waals surface area contributed by atoms with Crippen LogP contribution in [0.15, 0.2) is 18.3 Å². The average molecular weight is 470 g/mol. The van der Waals surface area contributed by atoms with Gasteiger partial charge in [-0.2, -0.15) is 5.26 Å². The Morgan fingerprint density at radius 2 is 1.91 bits per heavy atom. The van der Waals surface area contributed by atoms with Crippen LogP contribution in [-0.2, 0) is 20.9 Å². The molecule has 1 aliphatic carbocycles. The Labute approximate surface area is 201 Å². The fourth-order valence-corrected chi connectivity index (χ4v) is 4.67. The molecule has 1 aliphatic heterocycles. The molecule has 2 aliphatic rings. The Hall–Kier alpha value is -3.15. The number of likely N-dealkylation sites (tertiary alicyclic amines) is 1. The van der Waals surface area contributed by atoms with Gasteiger partial charge in [0.1, 0.15) is 29.4 Å². The predicted molar refractivity (Wildman–Crippen MR) is 125 cm³/mol. The monoisotopic (exact) mass is 469 g/mol. The van der Waals surface area contributed by atoms with Gasteiger partial charge < -0.3 is 20.3 Å². The molecule has 2 N–H and O–H groups in total. The van der Waals surface area contributed by atoms with E-state index < -0.39 is 23.8 Å². The van der Waals surface area contributed by atoms with Gasteiger partial charge in [0.15, 0.2) is 0 Å². The third kappa shape index (κ3) is 6.92. The molecule has 34 heavy (non-hydrogen) atoms. The Kier molecular flexibility index (Phi) is 8.48. The zero-order valence-electron chi connectivity index (χ0n) is 20.3. The normalized spacial score (nSPS) is 19.7. The molecule has 1 saturated heterocycles. The zero-order chi connectivity index (χ0) is 24.7. The molecule has 9 nitrogen and oxygen atoms in total. The number of aromatic nitrogens is 1. The third-order valence-corrected chi connectivity index (χ3v) is 6.30. The molecule has 9 heteroatoms. The number of hydrogen-bond acceptors (Lipinski definition) is 6. The van der Waals surface area contributed by atoms with E-state index in [1.807, 2.05) is 6.07 Å². The van der Waals surface area contributed by atoms with Crippen molar-refractivity contribution in [3.63, 3.8) is 0 Å². The number of carbonyl (C=O) groups excluding carboxylic acids is 3. The Balaban J connectivity index is 1.67. The van der Waals surface area contributed by atoms with Crippen LogP contribution in [0.1, 0.15) is 77.0 Å². The number of amides is 3. The zero-order valence-corrected chi connectivity index (χ0v) is 20.3. The topological polar surface area (TPSA) is 124 Å². The molecule has 1 saturated carbocycles. The lowest BCUT2D eigenvalue weighted by Crippen LogP contribution is -2.56. The van der Waals surface area contributed by atoms with Gasteiger partial charge in [0.05, 0.1) is 0 Å². The summed E-state index contributed by atoms with van der Waals surface area (Å²) in [5, 5.41) is 14.6. The number of pyridine rings is 1. The summed E-state index contributed by atoms with van der Waals surface area (Å²) < 4.78 is 5.42. The van der Waals surface area contributed by atoms with Crippen molar-refractivity contribution in [1.29, 1.82) is 5.26 Å². The van der Waals surface area contributed by atoms with E-state index >= 15 is 0 Å². The highest BCUT2D eigenvalue weighted by Gasteiger charge is 2.41. The summed E-state index contributed by atoms with van der Waals surface area (Å²) in [6.45, 7) is 6.10. The second kappa shape index (κ2) is 11.3. The number of hydrogen-bond donors (Lipinski definition) is 2. The molecule has 2 atom stereocenters. The molecule has 0 radical (unpaired) electrons. The van der Waals surface area contributed by atoms with Crippen LogP contribution in [0.5, 0.6) is 0 Å². The lowest BCUT2D eigenvalue weighted by Gasteiger charge is -2.35. The molecule has 0 aromatic carbocycles. The van der Waals surface area contributed by atoms with Crippen LogP contribution in [-0.4, -0.2) is 52.0 Å². The largest absolute Gasteiger partial charge is 0.444 e. The Bertz CT molecular complexity index is 913. The summed E-state index contributed by atoms with van der Waals surface area (Å²) in [5.41, 5.74) is 0.421. The molecule has 0 spiro atoms. The van der Waals surface area contributed by atoms with Crippen LogP contribution < -0.4 is 10.6 Å². The smallest absolute Gasteiger partial charge is 0.408 e. The molecule has 0 unspecified atom stereocenters. The first kappa shape index (κ1) is 25.5.